The third-order valence-corrected chi connectivity index (χ3v) is 6.05. The van der Waals surface area contributed by atoms with E-state index in [1.54, 1.807) is 23.7 Å². The SMILES string of the molecule is C=C1N=C(c2cncc(CSc3[nH]c(=O)cc(Cc4cccs4)c3C#N)c2)NO1. The number of H-pyrrole nitrogens is 1. The predicted molar refractivity (Wildman–Crippen MR) is 113 cm³/mol. The molecule has 0 saturated heterocycles. The van der Waals surface area contributed by atoms with Gasteiger partial charge in [-0.3, -0.25) is 9.78 Å². The lowest BCUT2D eigenvalue weighted by Crippen LogP contribution is -2.17. The van der Waals surface area contributed by atoms with Gasteiger partial charge in [-0.15, -0.1) is 23.1 Å². The second-order valence-electron chi connectivity index (χ2n) is 6.16. The molecule has 144 valence electrons. The molecule has 0 aliphatic carbocycles. The number of aliphatic imine (C=N–C) groups is 1. The van der Waals surface area contributed by atoms with Crippen molar-refractivity contribution >= 4 is 28.9 Å². The zero-order valence-corrected chi connectivity index (χ0v) is 16.8. The lowest BCUT2D eigenvalue weighted by atomic mass is 10.1. The van der Waals surface area contributed by atoms with E-state index in [1.807, 2.05) is 23.6 Å². The number of nitrogens with one attached hydrogen (secondary N) is 2. The number of amidine groups is 1. The summed E-state index contributed by atoms with van der Waals surface area (Å²) in [7, 11) is 0. The van der Waals surface area contributed by atoms with E-state index in [2.05, 4.69) is 33.1 Å². The van der Waals surface area contributed by atoms with Crippen molar-refractivity contribution in [3.63, 3.8) is 0 Å². The Balaban J connectivity index is 1.56. The fraction of sp³-hybridized carbons (Fsp3) is 0.100. The highest BCUT2D eigenvalue weighted by atomic mass is 32.2. The molecular formula is C20H15N5O2S2. The lowest BCUT2D eigenvalue weighted by Gasteiger charge is -2.09. The molecule has 7 nitrogen and oxygen atoms in total. The van der Waals surface area contributed by atoms with Crippen LogP contribution in [0.1, 0.15) is 27.1 Å². The summed E-state index contributed by atoms with van der Waals surface area (Å²) in [5.41, 5.74) is 5.39. The van der Waals surface area contributed by atoms with Crippen molar-refractivity contribution in [2.24, 2.45) is 4.99 Å². The molecule has 29 heavy (non-hydrogen) atoms. The zero-order chi connectivity index (χ0) is 20.2. The first-order valence-electron chi connectivity index (χ1n) is 8.58. The molecule has 1 aliphatic rings. The normalized spacial score (nSPS) is 12.8. The van der Waals surface area contributed by atoms with Gasteiger partial charge >= 0.3 is 0 Å². The maximum atomic E-state index is 12.1. The van der Waals surface area contributed by atoms with Crippen LogP contribution >= 0.6 is 23.1 Å². The van der Waals surface area contributed by atoms with Crippen molar-refractivity contribution in [2.75, 3.05) is 0 Å². The highest BCUT2D eigenvalue weighted by Gasteiger charge is 2.15. The van der Waals surface area contributed by atoms with Gasteiger partial charge in [-0.1, -0.05) is 6.07 Å². The van der Waals surface area contributed by atoms with E-state index in [4.69, 9.17) is 4.84 Å². The smallest absolute Gasteiger partial charge is 0.249 e. The summed E-state index contributed by atoms with van der Waals surface area (Å²) in [4.78, 5) is 29.5. The molecule has 1 aliphatic heterocycles. The molecule has 4 heterocycles. The molecular weight excluding hydrogens is 406 g/mol. The Hall–Kier alpha value is -3.35. The van der Waals surface area contributed by atoms with E-state index >= 15 is 0 Å². The maximum Gasteiger partial charge on any atom is 0.249 e. The van der Waals surface area contributed by atoms with E-state index in [0.717, 1.165) is 21.6 Å². The summed E-state index contributed by atoms with van der Waals surface area (Å²) in [5.74, 6) is 1.36. The van der Waals surface area contributed by atoms with Crippen LogP contribution in [0, 0.1) is 11.3 Å². The zero-order valence-electron chi connectivity index (χ0n) is 15.1. The number of pyridine rings is 2. The highest BCUT2D eigenvalue weighted by Crippen LogP contribution is 2.27. The Kier molecular flexibility index (Phi) is 5.46. The number of nitrogens with zero attached hydrogens (tertiary/aromatic N) is 3. The quantitative estimate of drug-likeness (QED) is 0.592. The van der Waals surface area contributed by atoms with Gasteiger partial charge in [0.1, 0.15) is 6.07 Å². The van der Waals surface area contributed by atoms with Gasteiger partial charge in [-0.2, -0.15) is 10.3 Å². The number of thioether (sulfide) groups is 1. The third kappa shape index (κ3) is 4.39. The predicted octanol–water partition coefficient (Wildman–Crippen LogP) is 3.34. The van der Waals surface area contributed by atoms with Crippen molar-refractivity contribution in [3.8, 4) is 6.07 Å². The molecule has 0 saturated carbocycles. The van der Waals surface area contributed by atoms with Crippen LogP contribution in [0.15, 0.2) is 69.3 Å². The van der Waals surface area contributed by atoms with Gasteiger partial charge in [0, 0.05) is 41.1 Å². The van der Waals surface area contributed by atoms with Crippen molar-refractivity contribution in [1.29, 1.82) is 5.26 Å². The number of hydrogen-bond acceptors (Lipinski definition) is 8. The van der Waals surface area contributed by atoms with E-state index in [-0.39, 0.29) is 5.56 Å². The van der Waals surface area contributed by atoms with Gasteiger partial charge in [-0.05, 0) is 35.2 Å². The van der Waals surface area contributed by atoms with Crippen molar-refractivity contribution in [2.45, 2.75) is 17.2 Å². The van der Waals surface area contributed by atoms with E-state index in [1.165, 1.54) is 17.8 Å². The summed E-state index contributed by atoms with van der Waals surface area (Å²) >= 11 is 3.00. The van der Waals surface area contributed by atoms with Gasteiger partial charge in [0.15, 0.2) is 5.84 Å². The average Bonchev–Trinajstić information content (AvgIpc) is 3.38. The Morgan fingerprint density at radius 1 is 1.34 bits per heavy atom. The number of thiophene rings is 1. The van der Waals surface area contributed by atoms with E-state index in [9.17, 15) is 10.1 Å². The average molecular weight is 422 g/mol. The Labute approximate surface area is 174 Å². The van der Waals surface area contributed by atoms with Crippen molar-refractivity contribution in [1.82, 2.24) is 15.4 Å². The van der Waals surface area contributed by atoms with Crippen LogP contribution in [0.2, 0.25) is 0 Å². The Bertz CT molecular complexity index is 1190. The van der Waals surface area contributed by atoms with Crippen LogP contribution in [0.25, 0.3) is 0 Å². The number of nitriles is 1. The molecule has 9 heteroatoms. The largest absolute Gasteiger partial charge is 0.361 e. The molecule has 0 bridgehead atoms. The maximum absolute atomic E-state index is 12.1. The summed E-state index contributed by atoms with van der Waals surface area (Å²) in [6.07, 6.45) is 3.97. The van der Waals surface area contributed by atoms with Crippen LogP contribution in [-0.2, 0) is 17.0 Å². The number of hydroxylamine groups is 1. The second-order valence-corrected chi connectivity index (χ2v) is 8.18. The first-order valence-corrected chi connectivity index (χ1v) is 10.4. The summed E-state index contributed by atoms with van der Waals surface area (Å²) < 4.78 is 0. The number of hydrogen-bond donors (Lipinski definition) is 2. The van der Waals surface area contributed by atoms with Crippen LogP contribution in [-0.4, -0.2) is 15.8 Å². The Morgan fingerprint density at radius 2 is 2.24 bits per heavy atom. The minimum atomic E-state index is -0.217. The molecule has 0 unspecified atom stereocenters. The van der Waals surface area contributed by atoms with Crippen molar-refractivity contribution in [3.05, 3.63) is 92.0 Å². The van der Waals surface area contributed by atoms with Crippen LogP contribution < -0.4 is 11.0 Å². The molecule has 0 fully saturated rings. The monoisotopic (exact) mass is 421 g/mol. The fourth-order valence-electron chi connectivity index (χ4n) is 2.81. The van der Waals surface area contributed by atoms with E-state index < -0.39 is 0 Å². The molecule has 0 aromatic carbocycles. The number of rotatable bonds is 6. The van der Waals surface area contributed by atoms with Gasteiger partial charge in [-0.25, -0.2) is 5.48 Å². The van der Waals surface area contributed by atoms with Gasteiger partial charge in [0.2, 0.25) is 11.4 Å². The fourth-order valence-corrected chi connectivity index (χ4v) is 4.50. The van der Waals surface area contributed by atoms with Gasteiger partial charge in [0.25, 0.3) is 0 Å². The molecule has 0 atom stereocenters. The molecule has 2 N–H and O–H groups in total. The molecule has 3 aromatic rings. The van der Waals surface area contributed by atoms with Crippen LogP contribution in [0.3, 0.4) is 0 Å². The van der Waals surface area contributed by atoms with Gasteiger partial charge in [0.05, 0.1) is 10.6 Å². The first kappa shape index (κ1) is 19.0. The van der Waals surface area contributed by atoms with Crippen LogP contribution in [0.4, 0.5) is 0 Å². The third-order valence-electron chi connectivity index (χ3n) is 4.10. The second kappa shape index (κ2) is 8.34. The molecule has 0 spiro atoms. The summed E-state index contributed by atoms with van der Waals surface area (Å²) in [6, 6.07) is 9.62. The molecule has 4 rings (SSSR count). The highest BCUT2D eigenvalue weighted by molar-refractivity contribution is 7.98. The summed E-state index contributed by atoms with van der Waals surface area (Å²) in [5, 5.41) is 12.2. The van der Waals surface area contributed by atoms with E-state index in [0.29, 0.717) is 34.5 Å². The van der Waals surface area contributed by atoms with Gasteiger partial charge < -0.3 is 9.82 Å². The minimum Gasteiger partial charge on any atom is -0.361 e. The topological polar surface area (TPSA) is 103 Å². The van der Waals surface area contributed by atoms with Crippen molar-refractivity contribution < 1.29 is 4.84 Å². The number of aromatic nitrogens is 2. The molecule has 0 radical (unpaired) electrons. The van der Waals surface area contributed by atoms with Crippen LogP contribution in [0.5, 0.6) is 0 Å². The number of aromatic amines is 1. The Morgan fingerprint density at radius 3 is 2.97 bits per heavy atom. The first-order chi connectivity index (χ1) is 14.1. The molecule has 0 amide bonds. The lowest BCUT2D eigenvalue weighted by molar-refractivity contribution is 0.179. The molecule has 3 aromatic heterocycles. The standard InChI is InChI=1S/C20H15N5O2S2/c1-12-23-19(25-27-12)15-5-13(9-22-10-15)11-29-20-17(8-21)14(7-18(26)24-20)6-16-3-2-4-28-16/h2-5,7,9-10H,1,6,11H2,(H,23,25)(H,24,26). The summed E-state index contributed by atoms with van der Waals surface area (Å²) in [6.45, 7) is 3.63. The minimum absolute atomic E-state index is 0.217.